The lowest BCUT2D eigenvalue weighted by Gasteiger charge is -2.19. The summed E-state index contributed by atoms with van der Waals surface area (Å²) >= 11 is 1.86. The van der Waals surface area contributed by atoms with Crippen molar-refractivity contribution in [2.45, 2.75) is 45.4 Å². The van der Waals surface area contributed by atoms with Gasteiger partial charge in [-0.25, -0.2) is 4.98 Å². The number of carbonyl (C=O) groups is 1. The maximum absolute atomic E-state index is 12.2. The number of aromatic nitrogens is 1. The first-order valence-corrected chi connectivity index (χ1v) is 8.79. The van der Waals surface area contributed by atoms with Gasteiger partial charge in [0.15, 0.2) is 0 Å². The zero-order chi connectivity index (χ0) is 15.9. The summed E-state index contributed by atoms with van der Waals surface area (Å²) in [6.45, 7) is 6.88. The van der Waals surface area contributed by atoms with Crippen LogP contribution >= 0.6 is 11.8 Å². The van der Waals surface area contributed by atoms with Crippen LogP contribution in [0.4, 0.5) is 5.82 Å². The van der Waals surface area contributed by atoms with E-state index in [4.69, 9.17) is 5.73 Å². The second-order valence-electron chi connectivity index (χ2n) is 6.23. The van der Waals surface area contributed by atoms with E-state index in [-0.39, 0.29) is 11.3 Å². The molecule has 0 atom stereocenters. The third-order valence-corrected chi connectivity index (χ3v) is 3.88. The normalized spacial score (nSPS) is 11.4. The van der Waals surface area contributed by atoms with Gasteiger partial charge in [0.05, 0.1) is 0 Å². The van der Waals surface area contributed by atoms with Gasteiger partial charge in [0.2, 0.25) is 0 Å². The molecule has 0 spiro atoms. The van der Waals surface area contributed by atoms with Crippen LogP contribution < -0.4 is 11.1 Å². The second kappa shape index (κ2) is 8.27. The Labute approximate surface area is 132 Å². The van der Waals surface area contributed by atoms with Gasteiger partial charge in [-0.05, 0) is 37.0 Å². The summed E-state index contributed by atoms with van der Waals surface area (Å²) in [5, 5.41) is 2.95. The first-order chi connectivity index (χ1) is 9.84. The smallest absolute Gasteiger partial charge is 0.251 e. The Morgan fingerprint density at radius 1 is 1.29 bits per heavy atom. The highest BCUT2D eigenvalue weighted by Crippen LogP contribution is 2.22. The summed E-state index contributed by atoms with van der Waals surface area (Å²) in [5.41, 5.74) is 7.12. The van der Waals surface area contributed by atoms with Crippen LogP contribution in [0.1, 0.15) is 56.1 Å². The molecule has 4 nitrogen and oxygen atoms in total. The Bertz CT molecular complexity index is 469. The van der Waals surface area contributed by atoms with Gasteiger partial charge in [-0.1, -0.05) is 27.2 Å². The molecule has 0 bridgehead atoms. The van der Waals surface area contributed by atoms with Gasteiger partial charge >= 0.3 is 0 Å². The van der Waals surface area contributed by atoms with E-state index in [0.29, 0.717) is 17.9 Å². The number of pyridine rings is 1. The summed E-state index contributed by atoms with van der Waals surface area (Å²) in [6.07, 6.45) is 5.47. The summed E-state index contributed by atoms with van der Waals surface area (Å²) in [5.74, 6) is 1.51. The van der Waals surface area contributed by atoms with Crippen molar-refractivity contribution in [2.24, 2.45) is 0 Å². The molecule has 21 heavy (non-hydrogen) atoms. The van der Waals surface area contributed by atoms with Crippen LogP contribution in [0.15, 0.2) is 12.1 Å². The quantitative estimate of drug-likeness (QED) is 0.759. The monoisotopic (exact) mass is 309 g/mol. The average molecular weight is 309 g/mol. The topological polar surface area (TPSA) is 68.0 Å². The molecule has 0 aliphatic rings. The Morgan fingerprint density at radius 3 is 2.62 bits per heavy atom. The fraction of sp³-hybridized carbons (Fsp3) is 0.625. The van der Waals surface area contributed by atoms with E-state index in [1.165, 1.54) is 12.2 Å². The SMILES string of the molecule is CSCCCCCNC(=O)c1cc(N)nc(C(C)(C)C)c1. The van der Waals surface area contributed by atoms with E-state index in [9.17, 15) is 4.79 Å². The minimum absolute atomic E-state index is 0.0699. The van der Waals surface area contributed by atoms with Crippen LogP contribution in [-0.2, 0) is 5.41 Å². The minimum Gasteiger partial charge on any atom is -0.384 e. The molecule has 118 valence electrons. The van der Waals surface area contributed by atoms with E-state index >= 15 is 0 Å². The predicted molar refractivity (Wildman–Crippen MR) is 91.9 cm³/mol. The van der Waals surface area contributed by atoms with Gasteiger partial charge in [0, 0.05) is 23.2 Å². The van der Waals surface area contributed by atoms with Crippen LogP contribution in [0.2, 0.25) is 0 Å². The molecule has 1 rings (SSSR count). The summed E-state index contributed by atoms with van der Waals surface area (Å²) < 4.78 is 0. The van der Waals surface area contributed by atoms with E-state index in [2.05, 4.69) is 37.3 Å². The molecule has 0 aromatic carbocycles. The number of amides is 1. The molecule has 1 amide bonds. The predicted octanol–water partition coefficient (Wildman–Crippen LogP) is 3.22. The standard InChI is InChI=1S/C16H27N3OS/c1-16(2,3)13-10-12(11-14(17)19-13)15(20)18-8-6-5-7-9-21-4/h10-11H,5-9H2,1-4H3,(H2,17,19)(H,18,20). The van der Waals surface area contributed by atoms with Gasteiger partial charge < -0.3 is 11.1 Å². The van der Waals surface area contributed by atoms with Crippen molar-refractivity contribution in [3.05, 3.63) is 23.4 Å². The number of hydrogen-bond acceptors (Lipinski definition) is 4. The molecule has 0 aliphatic carbocycles. The molecular formula is C16H27N3OS. The fourth-order valence-corrected chi connectivity index (χ4v) is 2.41. The molecule has 1 aromatic heterocycles. The van der Waals surface area contributed by atoms with Crippen molar-refractivity contribution in [1.82, 2.24) is 10.3 Å². The molecule has 0 radical (unpaired) electrons. The van der Waals surface area contributed by atoms with E-state index in [1.54, 1.807) is 6.07 Å². The van der Waals surface area contributed by atoms with E-state index < -0.39 is 0 Å². The Morgan fingerprint density at radius 2 is 2.00 bits per heavy atom. The fourth-order valence-electron chi connectivity index (χ4n) is 1.92. The molecule has 0 saturated carbocycles. The average Bonchev–Trinajstić information content (AvgIpc) is 2.40. The molecule has 1 heterocycles. The van der Waals surface area contributed by atoms with Crippen LogP contribution in [0, 0.1) is 0 Å². The van der Waals surface area contributed by atoms with Crippen LogP contribution in [0.3, 0.4) is 0 Å². The second-order valence-corrected chi connectivity index (χ2v) is 7.21. The van der Waals surface area contributed by atoms with Crippen molar-refractivity contribution in [3.63, 3.8) is 0 Å². The Kier molecular flexibility index (Phi) is 7.02. The lowest BCUT2D eigenvalue weighted by molar-refractivity contribution is 0.0952. The zero-order valence-electron chi connectivity index (χ0n) is 13.5. The van der Waals surface area contributed by atoms with Crippen molar-refractivity contribution in [1.29, 1.82) is 0 Å². The van der Waals surface area contributed by atoms with Gasteiger partial charge in [-0.15, -0.1) is 0 Å². The number of nitrogens with zero attached hydrogens (tertiary/aromatic N) is 1. The van der Waals surface area contributed by atoms with Gasteiger partial charge in [-0.3, -0.25) is 4.79 Å². The molecule has 0 saturated heterocycles. The van der Waals surface area contributed by atoms with Crippen LogP contribution in [-0.4, -0.2) is 29.4 Å². The number of nitrogen functional groups attached to an aromatic ring is 1. The Balaban J connectivity index is 2.56. The highest BCUT2D eigenvalue weighted by Gasteiger charge is 2.18. The lowest BCUT2D eigenvalue weighted by atomic mass is 9.90. The number of unbranched alkanes of at least 4 members (excludes halogenated alkanes) is 2. The zero-order valence-corrected chi connectivity index (χ0v) is 14.3. The van der Waals surface area contributed by atoms with Crippen molar-refractivity contribution < 1.29 is 4.79 Å². The van der Waals surface area contributed by atoms with E-state index in [0.717, 1.165) is 18.5 Å². The molecule has 0 fully saturated rings. The number of hydrogen-bond donors (Lipinski definition) is 2. The van der Waals surface area contributed by atoms with E-state index in [1.807, 2.05) is 17.8 Å². The third-order valence-electron chi connectivity index (χ3n) is 3.19. The van der Waals surface area contributed by atoms with Gasteiger partial charge in [0.1, 0.15) is 5.82 Å². The molecule has 5 heteroatoms. The summed E-state index contributed by atoms with van der Waals surface area (Å²) in [4.78, 5) is 16.5. The highest BCUT2D eigenvalue weighted by molar-refractivity contribution is 7.98. The molecule has 0 aliphatic heterocycles. The number of anilines is 1. The van der Waals surface area contributed by atoms with Gasteiger partial charge in [0.25, 0.3) is 5.91 Å². The lowest BCUT2D eigenvalue weighted by Crippen LogP contribution is -2.25. The maximum Gasteiger partial charge on any atom is 0.251 e. The number of carbonyl (C=O) groups excluding carboxylic acids is 1. The summed E-state index contributed by atoms with van der Waals surface area (Å²) in [7, 11) is 0. The molecule has 1 aromatic rings. The molecule has 0 unspecified atom stereocenters. The van der Waals surface area contributed by atoms with Crippen LogP contribution in [0.25, 0.3) is 0 Å². The number of nitrogens with one attached hydrogen (secondary N) is 1. The third kappa shape index (κ3) is 6.38. The van der Waals surface area contributed by atoms with Crippen molar-refractivity contribution >= 4 is 23.5 Å². The number of rotatable bonds is 7. The highest BCUT2D eigenvalue weighted by atomic mass is 32.2. The summed E-state index contributed by atoms with van der Waals surface area (Å²) in [6, 6.07) is 3.47. The largest absolute Gasteiger partial charge is 0.384 e. The maximum atomic E-state index is 12.2. The number of thioether (sulfide) groups is 1. The number of nitrogens with two attached hydrogens (primary N) is 1. The molecule has 3 N–H and O–H groups in total. The first-order valence-electron chi connectivity index (χ1n) is 7.40. The first kappa shape index (κ1) is 17.8. The van der Waals surface area contributed by atoms with Crippen LogP contribution in [0.5, 0.6) is 0 Å². The van der Waals surface area contributed by atoms with Gasteiger partial charge in [-0.2, -0.15) is 11.8 Å². The Hall–Kier alpha value is -1.23. The molecular weight excluding hydrogens is 282 g/mol. The van der Waals surface area contributed by atoms with Crippen molar-refractivity contribution in [2.75, 3.05) is 24.3 Å². The minimum atomic E-state index is -0.123. The van der Waals surface area contributed by atoms with Crippen molar-refractivity contribution in [3.8, 4) is 0 Å².